The molecule has 0 saturated carbocycles. The first-order valence-electron chi connectivity index (χ1n) is 10.1. The van der Waals surface area contributed by atoms with Crippen molar-refractivity contribution in [3.05, 3.63) is 108 Å². The second-order valence-electron chi connectivity index (χ2n) is 7.83. The molecule has 0 fully saturated rings. The summed E-state index contributed by atoms with van der Waals surface area (Å²) in [5.74, 6) is -0.781. The number of rotatable bonds is 3. The Morgan fingerprint density at radius 2 is 1.61 bits per heavy atom. The van der Waals surface area contributed by atoms with Crippen molar-refractivity contribution >= 4 is 11.5 Å². The number of carbonyl (C=O) groups excluding carboxylic acids is 1. The molecule has 1 aliphatic rings. The van der Waals surface area contributed by atoms with Gasteiger partial charge in [-0.15, -0.1) is 0 Å². The molecule has 1 unspecified atom stereocenters. The van der Waals surface area contributed by atoms with Gasteiger partial charge >= 0.3 is 5.69 Å². The SMILES string of the molecule is Cn1c2c(c(=O)n(C)c1=O)-c1oc(-c3ccc([N+](=O)[O-])cc3)cc1C(=O)C2c1ccccc1. The first-order chi connectivity index (χ1) is 15.8. The summed E-state index contributed by atoms with van der Waals surface area (Å²) in [6.07, 6.45) is 0. The maximum atomic E-state index is 13.7. The molecule has 2 aromatic carbocycles. The predicted octanol–water partition coefficient (Wildman–Crippen LogP) is 3.25. The highest BCUT2D eigenvalue weighted by atomic mass is 16.6. The van der Waals surface area contributed by atoms with E-state index in [2.05, 4.69) is 0 Å². The summed E-state index contributed by atoms with van der Waals surface area (Å²) < 4.78 is 8.27. The monoisotopic (exact) mass is 443 g/mol. The van der Waals surface area contributed by atoms with Gasteiger partial charge < -0.3 is 4.42 Å². The average Bonchev–Trinajstić information content (AvgIpc) is 3.27. The molecule has 0 aliphatic heterocycles. The molecule has 9 nitrogen and oxygen atoms in total. The van der Waals surface area contributed by atoms with Crippen LogP contribution in [0.15, 0.2) is 74.7 Å². The fraction of sp³-hybridized carbons (Fsp3) is 0.125. The summed E-state index contributed by atoms with van der Waals surface area (Å²) in [6.45, 7) is 0. The van der Waals surface area contributed by atoms with Crippen molar-refractivity contribution < 1.29 is 14.1 Å². The molecule has 0 N–H and O–H groups in total. The summed E-state index contributed by atoms with van der Waals surface area (Å²) in [7, 11) is 2.90. The Morgan fingerprint density at radius 3 is 2.24 bits per heavy atom. The van der Waals surface area contributed by atoms with Gasteiger partial charge in [0, 0.05) is 31.8 Å². The number of aromatic nitrogens is 2. The predicted molar refractivity (Wildman–Crippen MR) is 119 cm³/mol. The molecule has 0 radical (unpaired) electrons. The third kappa shape index (κ3) is 2.97. The topological polar surface area (TPSA) is 117 Å². The van der Waals surface area contributed by atoms with Crippen molar-refractivity contribution in [2.75, 3.05) is 0 Å². The van der Waals surface area contributed by atoms with Crippen molar-refractivity contribution in [3.63, 3.8) is 0 Å². The fourth-order valence-corrected chi connectivity index (χ4v) is 4.30. The Balaban J connectivity index is 1.79. The molecule has 9 heteroatoms. The Bertz CT molecular complexity index is 1560. The smallest absolute Gasteiger partial charge is 0.330 e. The quantitative estimate of drug-likeness (QED) is 0.354. The van der Waals surface area contributed by atoms with Crippen LogP contribution >= 0.6 is 0 Å². The number of nitro groups is 1. The van der Waals surface area contributed by atoms with Crippen LogP contribution in [-0.4, -0.2) is 19.8 Å². The van der Waals surface area contributed by atoms with Crippen LogP contribution in [0.2, 0.25) is 0 Å². The second-order valence-corrected chi connectivity index (χ2v) is 7.83. The molecule has 1 aliphatic carbocycles. The number of benzene rings is 2. The fourth-order valence-electron chi connectivity index (χ4n) is 4.30. The third-order valence-electron chi connectivity index (χ3n) is 5.97. The lowest BCUT2D eigenvalue weighted by Crippen LogP contribution is -2.42. The van der Waals surface area contributed by atoms with Crippen LogP contribution in [0, 0.1) is 10.1 Å². The lowest BCUT2D eigenvalue weighted by atomic mass is 9.80. The largest absolute Gasteiger partial charge is 0.455 e. The highest BCUT2D eigenvalue weighted by Gasteiger charge is 2.40. The van der Waals surface area contributed by atoms with E-state index in [1.807, 2.05) is 6.07 Å². The Morgan fingerprint density at radius 1 is 0.939 bits per heavy atom. The molecule has 0 spiro atoms. The van der Waals surface area contributed by atoms with Crippen molar-refractivity contribution in [1.29, 1.82) is 0 Å². The first-order valence-corrected chi connectivity index (χ1v) is 10.1. The zero-order valence-electron chi connectivity index (χ0n) is 17.6. The average molecular weight is 443 g/mol. The van der Waals surface area contributed by atoms with Gasteiger partial charge in [0.05, 0.1) is 22.1 Å². The molecular formula is C24H17N3O6. The molecule has 1 atom stereocenters. The van der Waals surface area contributed by atoms with Gasteiger partial charge in [0.15, 0.2) is 11.5 Å². The van der Waals surface area contributed by atoms with Crippen LogP contribution in [0.5, 0.6) is 0 Å². The van der Waals surface area contributed by atoms with Gasteiger partial charge in [-0.25, -0.2) is 4.79 Å². The Hall–Kier alpha value is -4.53. The molecular weight excluding hydrogens is 426 g/mol. The van der Waals surface area contributed by atoms with Crippen molar-refractivity contribution in [2.24, 2.45) is 14.1 Å². The lowest BCUT2D eigenvalue weighted by Gasteiger charge is -2.26. The molecule has 2 aromatic heterocycles. The summed E-state index contributed by atoms with van der Waals surface area (Å²) in [5.41, 5.74) is 0.626. The molecule has 0 bridgehead atoms. The minimum Gasteiger partial charge on any atom is -0.455 e. The number of hydrogen-bond acceptors (Lipinski definition) is 6. The van der Waals surface area contributed by atoms with Gasteiger partial charge in [0.2, 0.25) is 0 Å². The highest BCUT2D eigenvalue weighted by Crippen LogP contribution is 2.43. The number of nitrogens with zero attached hydrogens (tertiary/aromatic N) is 3. The lowest BCUT2D eigenvalue weighted by molar-refractivity contribution is -0.384. The second kappa shape index (κ2) is 7.27. The van der Waals surface area contributed by atoms with Gasteiger partial charge in [-0.05, 0) is 23.8 Å². The van der Waals surface area contributed by atoms with Crippen molar-refractivity contribution in [3.8, 4) is 22.6 Å². The molecule has 164 valence electrons. The standard InChI is InChI=1S/C24H17N3O6/c1-25-20-18(14-6-4-3-5-7-14)21(28)16-12-17(13-8-10-15(11-9-13)27(31)32)33-22(16)19(20)23(29)26(2)24(25)30/h3-12,18H,1-2H3. The molecule has 0 amide bonds. The number of non-ortho nitro benzene ring substituents is 1. The van der Waals surface area contributed by atoms with Gasteiger partial charge in [-0.3, -0.25) is 28.8 Å². The molecule has 4 aromatic rings. The van der Waals surface area contributed by atoms with E-state index < -0.39 is 22.1 Å². The Kier molecular flexibility index (Phi) is 4.49. The van der Waals surface area contributed by atoms with Crippen LogP contribution in [0.1, 0.15) is 27.5 Å². The third-order valence-corrected chi connectivity index (χ3v) is 5.97. The zero-order valence-corrected chi connectivity index (χ0v) is 17.6. The van der Waals surface area contributed by atoms with E-state index in [0.717, 1.165) is 4.57 Å². The molecule has 0 saturated heterocycles. The summed E-state index contributed by atoms with van der Waals surface area (Å²) in [4.78, 5) is 50.0. The van der Waals surface area contributed by atoms with Crippen molar-refractivity contribution in [2.45, 2.75) is 5.92 Å². The summed E-state index contributed by atoms with van der Waals surface area (Å²) >= 11 is 0. The maximum absolute atomic E-state index is 13.7. The first kappa shape index (κ1) is 20.4. The highest BCUT2D eigenvalue weighted by molar-refractivity contribution is 6.11. The van der Waals surface area contributed by atoms with Gasteiger partial charge in [-0.2, -0.15) is 0 Å². The van der Waals surface area contributed by atoms with E-state index >= 15 is 0 Å². The van der Waals surface area contributed by atoms with Crippen molar-refractivity contribution in [1.82, 2.24) is 9.13 Å². The molecule has 2 heterocycles. The van der Waals surface area contributed by atoms with E-state index in [0.29, 0.717) is 16.9 Å². The van der Waals surface area contributed by atoms with Gasteiger partial charge in [-0.1, -0.05) is 30.3 Å². The Labute approximate surface area is 186 Å². The van der Waals surface area contributed by atoms with Crippen LogP contribution in [0.3, 0.4) is 0 Å². The van der Waals surface area contributed by atoms with Crippen LogP contribution in [-0.2, 0) is 14.1 Å². The minimum absolute atomic E-state index is 0.0792. The number of furan rings is 1. The number of Topliss-reactive ketones (excluding diaryl/α,β-unsaturated/α-hetero) is 1. The van der Waals surface area contributed by atoms with E-state index in [4.69, 9.17) is 4.42 Å². The molecule has 5 rings (SSSR count). The summed E-state index contributed by atoms with van der Waals surface area (Å²) in [5, 5.41) is 11.0. The van der Waals surface area contributed by atoms with Crippen LogP contribution < -0.4 is 11.2 Å². The maximum Gasteiger partial charge on any atom is 0.330 e. The van der Waals surface area contributed by atoms with E-state index in [9.17, 15) is 24.5 Å². The van der Waals surface area contributed by atoms with E-state index in [-0.39, 0.29) is 34.1 Å². The number of hydrogen-bond donors (Lipinski definition) is 0. The van der Waals surface area contributed by atoms with Crippen LogP contribution in [0.4, 0.5) is 5.69 Å². The molecule has 33 heavy (non-hydrogen) atoms. The van der Waals surface area contributed by atoms with Gasteiger partial charge in [0.25, 0.3) is 11.2 Å². The number of nitro benzene ring substituents is 1. The zero-order chi connectivity index (χ0) is 23.4. The summed E-state index contributed by atoms with van der Waals surface area (Å²) in [6, 6.07) is 16.2. The number of carbonyl (C=O) groups is 1. The van der Waals surface area contributed by atoms with Crippen LogP contribution in [0.25, 0.3) is 22.6 Å². The number of ketones is 1. The normalized spacial score (nSPS) is 14.6. The number of fused-ring (bicyclic) bond motifs is 3. The van der Waals surface area contributed by atoms with E-state index in [1.165, 1.54) is 42.9 Å². The minimum atomic E-state index is -0.859. The van der Waals surface area contributed by atoms with E-state index in [1.54, 1.807) is 30.3 Å². The van der Waals surface area contributed by atoms with Gasteiger partial charge in [0.1, 0.15) is 11.3 Å².